The monoisotopic (exact) mass is 749 g/mol. The standard InChI is InChI=1S/C51H27NO6/c53-49-38-20-17-32(27-39(38)37-9-3-6-12-48(37)56-49)52-44-21-15-30(28-13-18-33-35-7-1-4-10-46(35)57-50(54)42(33)25-28)23-40(44)41-24-31(16-22-45(41)52)29-14-19-34-36-8-2-5-11-47(36)58-51(55)43(34)26-29/h1-27H. The predicted octanol–water partition coefficient (Wildman–Crippen LogP) is 11.9. The summed E-state index contributed by atoms with van der Waals surface area (Å²) in [7, 11) is 0. The highest BCUT2D eigenvalue weighted by Gasteiger charge is 2.18. The lowest BCUT2D eigenvalue weighted by Gasteiger charge is -2.11. The SMILES string of the molecule is O=c1oc2ccccc2c2ccc(-c3ccc4c(c3)c3cc(-c5ccc6c(c5)c(=O)oc5ccccc56)ccc3n4-c3ccc4c(=O)oc5ccccc5c4c3)cc12. The zero-order valence-corrected chi connectivity index (χ0v) is 30.5. The summed E-state index contributed by atoms with van der Waals surface area (Å²) in [4.78, 5) is 39.5. The van der Waals surface area contributed by atoms with E-state index in [1.165, 1.54) is 0 Å². The van der Waals surface area contributed by atoms with Gasteiger partial charge in [0.25, 0.3) is 0 Å². The van der Waals surface area contributed by atoms with Crippen LogP contribution in [0.3, 0.4) is 0 Å². The molecule has 7 nitrogen and oxygen atoms in total. The number of benzene rings is 8. The molecule has 4 heterocycles. The van der Waals surface area contributed by atoms with Crippen LogP contribution in [0.15, 0.2) is 191 Å². The zero-order chi connectivity index (χ0) is 38.6. The van der Waals surface area contributed by atoms with Crippen LogP contribution in [-0.2, 0) is 0 Å². The van der Waals surface area contributed by atoms with Gasteiger partial charge in [0.15, 0.2) is 0 Å². The Balaban J connectivity index is 1.10. The van der Waals surface area contributed by atoms with E-state index in [9.17, 15) is 14.4 Å². The van der Waals surface area contributed by atoms with Gasteiger partial charge in [0.1, 0.15) is 16.7 Å². The van der Waals surface area contributed by atoms with Gasteiger partial charge in [0.05, 0.1) is 27.2 Å². The van der Waals surface area contributed by atoms with Crippen LogP contribution in [0, 0.1) is 0 Å². The summed E-state index contributed by atoms with van der Waals surface area (Å²) in [5.74, 6) is 0. The van der Waals surface area contributed by atoms with Gasteiger partial charge in [0.2, 0.25) is 0 Å². The maximum absolute atomic E-state index is 13.2. The van der Waals surface area contributed by atoms with E-state index in [0.717, 1.165) is 82.1 Å². The minimum absolute atomic E-state index is 0.381. The number of para-hydroxylation sites is 3. The molecule has 0 fully saturated rings. The van der Waals surface area contributed by atoms with E-state index in [0.29, 0.717) is 32.9 Å². The lowest BCUT2D eigenvalue weighted by Crippen LogP contribution is -2.01. The molecule has 0 saturated carbocycles. The molecule has 0 radical (unpaired) electrons. The molecular formula is C51H27NO6. The quantitative estimate of drug-likeness (QED) is 0.132. The Morgan fingerprint density at radius 3 is 1.16 bits per heavy atom. The van der Waals surface area contributed by atoms with Gasteiger partial charge in [-0.05, 0) is 106 Å². The molecule has 0 saturated heterocycles. The third-order valence-corrected chi connectivity index (χ3v) is 11.5. The fraction of sp³-hybridized carbons (Fsp3) is 0. The first kappa shape index (κ1) is 32.2. The van der Waals surface area contributed by atoms with Crippen LogP contribution in [0.5, 0.6) is 0 Å². The van der Waals surface area contributed by atoms with Gasteiger partial charge in [-0.3, -0.25) is 0 Å². The minimum atomic E-state index is -0.383. The highest BCUT2D eigenvalue weighted by atomic mass is 16.4. The van der Waals surface area contributed by atoms with E-state index < -0.39 is 0 Å². The second-order valence-corrected chi connectivity index (χ2v) is 14.7. The average molecular weight is 750 g/mol. The molecular weight excluding hydrogens is 723 g/mol. The molecule has 8 aromatic carbocycles. The topological polar surface area (TPSA) is 95.6 Å². The molecule has 58 heavy (non-hydrogen) atoms. The van der Waals surface area contributed by atoms with Crippen molar-refractivity contribution >= 4 is 87.0 Å². The average Bonchev–Trinajstić information content (AvgIpc) is 3.59. The Morgan fingerprint density at radius 2 is 0.672 bits per heavy atom. The lowest BCUT2D eigenvalue weighted by atomic mass is 9.97. The molecule has 7 heteroatoms. The van der Waals surface area contributed by atoms with E-state index in [1.54, 1.807) is 0 Å². The smallest absolute Gasteiger partial charge is 0.344 e. The molecule has 0 aliphatic carbocycles. The molecule has 0 bridgehead atoms. The summed E-state index contributed by atoms with van der Waals surface area (Å²) < 4.78 is 19.3. The van der Waals surface area contributed by atoms with Crippen LogP contribution in [0.1, 0.15) is 0 Å². The summed E-state index contributed by atoms with van der Waals surface area (Å²) in [6.45, 7) is 0. The maximum atomic E-state index is 13.2. The van der Waals surface area contributed by atoms with Crippen LogP contribution in [0.25, 0.3) is 115 Å². The first-order valence-electron chi connectivity index (χ1n) is 18.9. The minimum Gasteiger partial charge on any atom is -0.422 e. The van der Waals surface area contributed by atoms with Crippen molar-refractivity contribution in [2.45, 2.75) is 0 Å². The van der Waals surface area contributed by atoms with Crippen molar-refractivity contribution < 1.29 is 13.3 Å². The number of fused-ring (bicyclic) bond motifs is 12. The number of hydrogen-bond acceptors (Lipinski definition) is 6. The number of nitrogens with zero attached hydrogens (tertiary/aromatic N) is 1. The highest BCUT2D eigenvalue weighted by molar-refractivity contribution is 6.13. The largest absolute Gasteiger partial charge is 0.422 e. The van der Waals surface area contributed by atoms with Crippen LogP contribution < -0.4 is 16.9 Å². The number of hydrogen-bond donors (Lipinski definition) is 0. The number of rotatable bonds is 3. The summed E-state index contributed by atoms with van der Waals surface area (Å²) in [6, 6.07) is 53.1. The highest BCUT2D eigenvalue weighted by Crippen LogP contribution is 2.39. The summed E-state index contributed by atoms with van der Waals surface area (Å²) in [5.41, 5.74) is 6.93. The molecule has 0 amide bonds. The van der Waals surface area contributed by atoms with Crippen LogP contribution >= 0.6 is 0 Å². The Hall–Kier alpha value is -8.03. The van der Waals surface area contributed by atoms with E-state index in [1.807, 2.05) is 121 Å². The maximum Gasteiger partial charge on any atom is 0.344 e. The van der Waals surface area contributed by atoms with Crippen molar-refractivity contribution in [3.63, 3.8) is 0 Å². The molecule has 0 N–H and O–H groups in total. The molecule has 0 unspecified atom stereocenters. The van der Waals surface area contributed by atoms with Crippen molar-refractivity contribution in [2.24, 2.45) is 0 Å². The summed E-state index contributed by atoms with van der Waals surface area (Å²) in [6.07, 6.45) is 0. The lowest BCUT2D eigenvalue weighted by molar-refractivity contribution is 0.569. The fourth-order valence-corrected chi connectivity index (χ4v) is 8.79. The molecule has 0 aliphatic rings. The Labute approximate surface area is 326 Å². The zero-order valence-electron chi connectivity index (χ0n) is 30.5. The second kappa shape index (κ2) is 12.0. The van der Waals surface area contributed by atoms with E-state index in [-0.39, 0.29) is 16.9 Å². The van der Waals surface area contributed by atoms with Crippen molar-refractivity contribution in [1.29, 1.82) is 0 Å². The Bertz CT molecular complexity index is 3750. The third kappa shape index (κ3) is 4.71. The molecule has 0 spiro atoms. The van der Waals surface area contributed by atoms with Crippen molar-refractivity contribution in [1.82, 2.24) is 4.57 Å². The predicted molar refractivity (Wildman–Crippen MR) is 232 cm³/mol. The van der Waals surface area contributed by atoms with E-state index in [2.05, 4.69) is 47.0 Å². The third-order valence-electron chi connectivity index (χ3n) is 11.5. The van der Waals surface area contributed by atoms with Crippen LogP contribution in [-0.4, -0.2) is 4.57 Å². The first-order chi connectivity index (χ1) is 28.5. The Kier molecular flexibility index (Phi) is 6.66. The first-order valence-corrected chi connectivity index (χ1v) is 18.9. The molecule has 272 valence electrons. The van der Waals surface area contributed by atoms with Gasteiger partial charge < -0.3 is 17.8 Å². The molecule has 0 aliphatic heterocycles. The van der Waals surface area contributed by atoms with Crippen molar-refractivity contribution in [3.05, 3.63) is 195 Å². The molecule has 12 rings (SSSR count). The van der Waals surface area contributed by atoms with E-state index in [4.69, 9.17) is 13.3 Å². The van der Waals surface area contributed by atoms with Gasteiger partial charge in [-0.1, -0.05) is 91.0 Å². The normalized spacial score (nSPS) is 12.0. The Morgan fingerprint density at radius 1 is 0.293 bits per heavy atom. The van der Waals surface area contributed by atoms with Gasteiger partial charge >= 0.3 is 16.9 Å². The summed E-state index contributed by atoms with van der Waals surface area (Å²) in [5, 5.41) is 8.63. The van der Waals surface area contributed by atoms with Gasteiger partial charge in [-0.25, -0.2) is 14.4 Å². The van der Waals surface area contributed by atoms with Crippen LogP contribution in [0.4, 0.5) is 0 Å². The summed E-state index contributed by atoms with van der Waals surface area (Å²) >= 11 is 0. The van der Waals surface area contributed by atoms with Crippen molar-refractivity contribution in [3.8, 4) is 27.9 Å². The van der Waals surface area contributed by atoms with Gasteiger partial charge in [-0.2, -0.15) is 0 Å². The van der Waals surface area contributed by atoms with Gasteiger partial charge in [-0.15, -0.1) is 0 Å². The molecule has 4 aromatic heterocycles. The van der Waals surface area contributed by atoms with E-state index >= 15 is 0 Å². The fourth-order valence-electron chi connectivity index (χ4n) is 8.79. The van der Waals surface area contributed by atoms with Gasteiger partial charge in [0, 0.05) is 38.0 Å². The molecule has 0 atom stereocenters. The number of aromatic nitrogens is 1. The molecule has 12 aromatic rings. The van der Waals surface area contributed by atoms with Crippen molar-refractivity contribution in [2.75, 3.05) is 0 Å². The van der Waals surface area contributed by atoms with Crippen LogP contribution in [0.2, 0.25) is 0 Å². The second-order valence-electron chi connectivity index (χ2n) is 14.7.